The van der Waals surface area contributed by atoms with Crippen molar-refractivity contribution in [2.45, 2.75) is 0 Å². The van der Waals surface area contributed by atoms with Crippen LogP contribution < -0.4 is 5.32 Å². The van der Waals surface area contributed by atoms with E-state index in [0.717, 1.165) is 6.20 Å². The van der Waals surface area contributed by atoms with Gasteiger partial charge in [-0.3, -0.25) is 4.79 Å². The highest BCUT2D eigenvalue weighted by Gasteiger charge is 2.06. The van der Waals surface area contributed by atoms with E-state index >= 15 is 0 Å². The van der Waals surface area contributed by atoms with E-state index in [-0.39, 0.29) is 5.91 Å². The van der Waals surface area contributed by atoms with E-state index in [4.69, 9.17) is 11.6 Å². The van der Waals surface area contributed by atoms with Gasteiger partial charge in [-0.2, -0.15) is 0 Å². The number of aromatic nitrogens is 1. The van der Waals surface area contributed by atoms with Gasteiger partial charge in [-0.05, 0) is 36.4 Å². The average molecular weight is 251 g/mol. The Morgan fingerprint density at radius 3 is 2.47 bits per heavy atom. The predicted molar refractivity (Wildman–Crippen MR) is 63.6 cm³/mol. The fourth-order valence-corrected chi connectivity index (χ4v) is 1.37. The van der Waals surface area contributed by atoms with Gasteiger partial charge in [0.15, 0.2) is 0 Å². The highest BCUT2D eigenvalue weighted by Crippen LogP contribution is 2.11. The van der Waals surface area contributed by atoms with Crippen LogP contribution in [0, 0.1) is 5.82 Å². The van der Waals surface area contributed by atoms with Gasteiger partial charge >= 0.3 is 0 Å². The number of hydrogen-bond acceptors (Lipinski definition) is 2. The molecule has 5 heteroatoms. The molecule has 1 aromatic heterocycles. The zero-order valence-electron chi connectivity index (χ0n) is 8.65. The van der Waals surface area contributed by atoms with Gasteiger partial charge < -0.3 is 5.32 Å². The molecule has 0 aliphatic rings. The molecule has 1 heterocycles. The minimum absolute atomic E-state index is 0.298. The molecule has 3 nitrogen and oxygen atoms in total. The van der Waals surface area contributed by atoms with Crippen molar-refractivity contribution in [3.8, 4) is 0 Å². The number of hydrogen-bond donors (Lipinski definition) is 1. The molecule has 1 N–H and O–H groups in total. The molecular formula is C12H8ClFN2O. The van der Waals surface area contributed by atoms with Crippen molar-refractivity contribution in [2.24, 2.45) is 0 Å². The maximum Gasteiger partial charge on any atom is 0.256 e. The van der Waals surface area contributed by atoms with E-state index < -0.39 is 5.82 Å². The standard InChI is InChI=1S/C12H8ClFN2O/c13-9-3-1-8(2-4-9)12(17)16-11-6-5-10(14)7-15-11/h1-7H,(H,15,16,17). The molecule has 0 bridgehead atoms. The Morgan fingerprint density at radius 1 is 1.18 bits per heavy atom. The van der Waals surface area contributed by atoms with Gasteiger partial charge in [0.05, 0.1) is 6.20 Å². The smallest absolute Gasteiger partial charge is 0.256 e. The normalized spacial score (nSPS) is 10.0. The molecule has 17 heavy (non-hydrogen) atoms. The third kappa shape index (κ3) is 3.01. The summed E-state index contributed by atoms with van der Waals surface area (Å²) in [6, 6.07) is 9.05. The number of nitrogens with one attached hydrogen (secondary N) is 1. The van der Waals surface area contributed by atoms with E-state index in [1.807, 2.05) is 0 Å². The minimum Gasteiger partial charge on any atom is -0.307 e. The Labute approximate surface area is 102 Å². The number of nitrogens with zero attached hydrogens (tertiary/aromatic N) is 1. The number of pyridine rings is 1. The Kier molecular flexibility index (Phi) is 3.35. The molecule has 0 radical (unpaired) electrons. The monoisotopic (exact) mass is 250 g/mol. The first-order valence-corrected chi connectivity index (χ1v) is 5.21. The van der Waals surface area contributed by atoms with E-state index in [1.54, 1.807) is 24.3 Å². The van der Waals surface area contributed by atoms with Crippen LogP contribution in [0.15, 0.2) is 42.6 Å². The second kappa shape index (κ2) is 4.93. The molecule has 0 aliphatic heterocycles. The zero-order valence-corrected chi connectivity index (χ0v) is 9.41. The van der Waals surface area contributed by atoms with Gasteiger partial charge in [-0.1, -0.05) is 11.6 Å². The predicted octanol–water partition coefficient (Wildman–Crippen LogP) is 3.13. The van der Waals surface area contributed by atoms with Crippen molar-refractivity contribution < 1.29 is 9.18 Å². The van der Waals surface area contributed by atoms with E-state index in [1.165, 1.54) is 12.1 Å². The largest absolute Gasteiger partial charge is 0.307 e. The molecule has 0 unspecified atom stereocenters. The Bertz CT molecular complexity index is 525. The lowest BCUT2D eigenvalue weighted by Crippen LogP contribution is -2.12. The number of amides is 1. The Balaban J connectivity index is 2.11. The van der Waals surface area contributed by atoms with E-state index in [0.29, 0.717) is 16.4 Å². The molecule has 0 aliphatic carbocycles. The first-order valence-electron chi connectivity index (χ1n) is 4.83. The lowest BCUT2D eigenvalue weighted by molar-refractivity contribution is 0.102. The van der Waals surface area contributed by atoms with Gasteiger partial charge in [0, 0.05) is 10.6 Å². The van der Waals surface area contributed by atoms with Crippen LogP contribution in [-0.4, -0.2) is 10.9 Å². The minimum atomic E-state index is -0.450. The fourth-order valence-electron chi connectivity index (χ4n) is 1.24. The number of rotatable bonds is 2. The van der Waals surface area contributed by atoms with E-state index in [2.05, 4.69) is 10.3 Å². The van der Waals surface area contributed by atoms with Crippen molar-refractivity contribution in [1.29, 1.82) is 0 Å². The summed E-state index contributed by atoms with van der Waals surface area (Å²) < 4.78 is 12.6. The average Bonchev–Trinajstić information content (AvgIpc) is 2.33. The molecular weight excluding hydrogens is 243 g/mol. The number of anilines is 1. The summed E-state index contributed by atoms with van der Waals surface area (Å²) in [5.74, 6) is -0.471. The van der Waals surface area contributed by atoms with Crippen molar-refractivity contribution in [3.05, 3.63) is 59.0 Å². The first-order chi connectivity index (χ1) is 8.15. The summed E-state index contributed by atoms with van der Waals surface area (Å²) in [5, 5.41) is 3.10. The fraction of sp³-hybridized carbons (Fsp3) is 0. The summed E-state index contributed by atoms with van der Waals surface area (Å²) in [6.07, 6.45) is 1.04. The van der Waals surface area contributed by atoms with Crippen LogP contribution in [0.2, 0.25) is 5.02 Å². The van der Waals surface area contributed by atoms with Crippen LogP contribution >= 0.6 is 11.6 Å². The molecule has 0 atom stereocenters. The van der Waals surface area contributed by atoms with Crippen molar-refractivity contribution in [3.63, 3.8) is 0 Å². The molecule has 2 aromatic rings. The molecule has 1 amide bonds. The summed E-state index contributed by atoms with van der Waals surface area (Å²) in [4.78, 5) is 15.5. The summed E-state index contributed by atoms with van der Waals surface area (Å²) >= 11 is 5.71. The number of carbonyl (C=O) groups excluding carboxylic acids is 1. The van der Waals surface area contributed by atoms with Gasteiger partial charge in [0.25, 0.3) is 5.91 Å². The van der Waals surface area contributed by atoms with E-state index in [9.17, 15) is 9.18 Å². The molecule has 86 valence electrons. The van der Waals surface area contributed by atoms with Gasteiger partial charge in [-0.25, -0.2) is 9.37 Å². The number of benzene rings is 1. The van der Waals surface area contributed by atoms with Gasteiger partial charge in [0.1, 0.15) is 11.6 Å². The summed E-state index contributed by atoms with van der Waals surface area (Å²) in [7, 11) is 0. The number of carbonyl (C=O) groups is 1. The van der Waals surface area contributed by atoms with Crippen LogP contribution in [0.3, 0.4) is 0 Å². The number of halogens is 2. The molecule has 0 saturated carbocycles. The van der Waals surface area contributed by atoms with Crippen molar-refractivity contribution in [2.75, 3.05) is 5.32 Å². The van der Waals surface area contributed by atoms with Crippen LogP contribution in [0.1, 0.15) is 10.4 Å². The Morgan fingerprint density at radius 2 is 1.88 bits per heavy atom. The van der Waals surface area contributed by atoms with Crippen LogP contribution in [-0.2, 0) is 0 Å². The quantitative estimate of drug-likeness (QED) is 0.890. The van der Waals surface area contributed by atoms with Gasteiger partial charge in [-0.15, -0.1) is 0 Å². The lowest BCUT2D eigenvalue weighted by Gasteiger charge is -2.03. The SMILES string of the molecule is O=C(Nc1ccc(F)cn1)c1ccc(Cl)cc1. The molecule has 2 rings (SSSR count). The highest BCUT2D eigenvalue weighted by atomic mass is 35.5. The second-order valence-electron chi connectivity index (χ2n) is 3.32. The topological polar surface area (TPSA) is 42.0 Å². The van der Waals surface area contributed by atoms with Crippen LogP contribution in [0.25, 0.3) is 0 Å². The maximum atomic E-state index is 12.6. The summed E-state index contributed by atoms with van der Waals surface area (Å²) in [5.41, 5.74) is 0.459. The molecule has 1 aromatic carbocycles. The second-order valence-corrected chi connectivity index (χ2v) is 3.76. The highest BCUT2D eigenvalue weighted by molar-refractivity contribution is 6.30. The third-order valence-electron chi connectivity index (χ3n) is 2.08. The lowest BCUT2D eigenvalue weighted by atomic mass is 10.2. The van der Waals surface area contributed by atoms with Crippen molar-refractivity contribution >= 4 is 23.3 Å². The molecule has 0 spiro atoms. The van der Waals surface area contributed by atoms with Crippen LogP contribution in [0.4, 0.5) is 10.2 Å². The summed E-state index contributed by atoms with van der Waals surface area (Å²) in [6.45, 7) is 0. The van der Waals surface area contributed by atoms with Gasteiger partial charge in [0.2, 0.25) is 0 Å². The first kappa shape index (κ1) is 11.5. The molecule has 0 fully saturated rings. The van der Waals surface area contributed by atoms with Crippen LogP contribution in [0.5, 0.6) is 0 Å². The maximum absolute atomic E-state index is 12.6. The zero-order chi connectivity index (χ0) is 12.3. The molecule has 0 saturated heterocycles. The Hall–Kier alpha value is -1.94. The van der Waals surface area contributed by atoms with Crippen molar-refractivity contribution in [1.82, 2.24) is 4.98 Å². The third-order valence-corrected chi connectivity index (χ3v) is 2.33.